The minimum atomic E-state index is -0.174. The summed E-state index contributed by atoms with van der Waals surface area (Å²) in [6.45, 7) is 11.3. The van der Waals surface area contributed by atoms with Crippen LogP contribution in [0.5, 0.6) is 0 Å². The average Bonchev–Trinajstić information content (AvgIpc) is 3.63. The van der Waals surface area contributed by atoms with E-state index in [1.807, 2.05) is 5.83 Å². The first-order valence-electron chi connectivity index (χ1n) is 21.8. The van der Waals surface area contributed by atoms with Crippen molar-refractivity contribution in [3.05, 3.63) is 131 Å². The highest BCUT2D eigenvalue weighted by atomic mass is 79.9. The molecule has 0 atom stereocenters. The highest BCUT2D eigenvalue weighted by molar-refractivity contribution is 9.08. The van der Waals surface area contributed by atoms with Crippen LogP contribution in [0.25, 0.3) is 21.5 Å². The lowest BCUT2D eigenvalue weighted by Crippen LogP contribution is -2.28. The Morgan fingerprint density at radius 2 is 1.32 bits per heavy atom. The van der Waals surface area contributed by atoms with Gasteiger partial charge in [0.05, 0.1) is 19.6 Å². The van der Waals surface area contributed by atoms with Crippen molar-refractivity contribution in [3.63, 3.8) is 0 Å². The molecule has 0 radical (unpaired) electrons. The fraction of sp³-hybridized carbons (Fsp3) is 0.415. The summed E-state index contributed by atoms with van der Waals surface area (Å²) in [4.78, 5) is 26.1. The number of nitrogens with zero attached hydrogens (tertiary/aromatic N) is 2. The lowest BCUT2D eigenvalue weighted by molar-refractivity contribution is -0.438. The quantitative estimate of drug-likeness (QED) is 0.0515. The molecule has 316 valence electrons. The van der Waals surface area contributed by atoms with Crippen molar-refractivity contribution in [2.45, 2.75) is 109 Å². The first kappa shape index (κ1) is 44.8. The third-order valence-electron chi connectivity index (χ3n) is 12.7. The summed E-state index contributed by atoms with van der Waals surface area (Å²) in [5.41, 5.74) is 10.4. The number of benzene rings is 4. The third-order valence-corrected chi connectivity index (χ3v) is 12.7. The Labute approximate surface area is 366 Å². The molecule has 4 aromatic rings. The SMILES string of the molecule is CBr.COC(=O)CCCCCN1/C(=C/C=C2C=C(/C=C/C3=[N+](CCCCCC(=O)OC)c4ccc5ccccc5c4C3(C)C)CCC/2)C(C)(C)c2c1ccc1ccccc21. The van der Waals surface area contributed by atoms with Gasteiger partial charge in [-0.05, 0) is 121 Å². The molecule has 2 aliphatic heterocycles. The van der Waals surface area contributed by atoms with Crippen LogP contribution in [0.15, 0.2) is 120 Å². The Morgan fingerprint density at radius 1 is 0.700 bits per heavy atom. The number of rotatable bonds is 15. The number of alkyl halides is 1. The second kappa shape index (κ2) is 20.2. The van der Waals surface area contributed by atoms with Crippen LogP contribution in [0, 0.1) is 0 Å². The fourth-order valence-corrected chi connectivity index (χ4v) is 9.70. The highest BCUT2D eigenvalue weighted by Gasteiger charge is 2.45. The van der Waals surface area contributed by atoms with E-state index < -0.39 is 0 Å². The first-order chi connectivity index (χ1) is 29.0. The summed E-state index contributed by atoms with van der Waals surface area (Å²) in [5, 5.41) is 5.18. The summed E-state index contributed by atoms with van der Waals surface area (Å²) in [6, 6.07) is 26.7. The number of esters is 2. The molecule has 4 aromatic carbocycles. The van der Waals surface area contributed by atoms with Crippen molar-refractivity contribution in [2.75, 3.05) is 38.0 Å². The van der Waals surface area contributed by atoms with Gasteiger partial charge in [0.2, 0.25) is 5.69 Å². The molecule has 60 heavy (non-hydrogen) atoms. The normalized spacial score (nSPS) is 17.9. The van der Waals surface area contributed by atoms with Crippen LogP contribution in [-0.2, 0) is 29.9 Å². The van der Waals surface area contributed by atoms with Crippen LogP contribution in [0.2, 0.25) is 0 Å². The standard InChI is InChI=1S/C52H61N2O4.CH3Br/c1-51(2)45(53(34-15-7-9-24-47(55)57-5)43-30-28-39-20-11-13-22-41(39)49(43)51)32-26-37-18-17-19-38(36-37)27-33-46-52(3,4)50-42-23-14-12-21-40(42)29-31-44(50)54(46)35-16-8-10-25-48(56)58-6;1-2/h11-14,20-23,26-33,36H,7-10,15-19,24-25,34-35H2,1-6H3;1H3/q+1;. The van der Waals surface area contributed by atoms with Crippen molar-refractivity contribution in [1.29, 1.82) is 0 Å². The molecule has 7 heteroatoms. The molecule has 0 aromatic heterocycles. The first-order valence-corrected chi connectivity index (χ1v) is 23.4. The fourth-order valence-electron chi connectivity index (χ4n) is 9.70. The van der Waals surface area contributed by atoms with Gasteiger partial charge >= 0.3 is 11.9 Å². The van der Waals surface area contributed by atoms with Crippen LogP contribution in [0.4, 0.5) is 11.4 Å². The van der Waals surface area contributed by atoms with Gasteiger partial charge in [-0.1, -0.05) is 109 Å². The molecule has 1 aliphatic carbocycles. The second-order valence-corrected chi connectivity index (χ2v) is 17.3. The highest BCUT2D eigenvalue weighted by Crippen LogP contribution is 2.51. The molecule has 2 heterocycles. The number of methoxy groups -OCH3 is 2. The zero-order valence-corrected chi connectivity index (χ0v) is 38.5. The van der Waals surface area contributed by atoms with Gasteiger partial charge < -0.3 is 14.4 Å². The van der Waals surface area contributed by atoms with E-state index >= 15 is 0 Å². The number of ether oxygens (including phenoxy) is 2. The Kier molecular flexibility index (Phi) is 15.1. The topological polar surface area (TPSA) is 58.8 Å². The minimum absolute atomic E-state index is 0.133. The molecule has 0 fully saturated rings. The Morgan fingerprint density at radius 3 is 1.98 bits per heavy atom. The lowest BCUT2D eigenvalue weighted by atomic mass is 9.79. The Hall–Kier alpha value is -4.75. The number of hydrogen-bond donors (Lipinski definition) is 0. The molecule has 0 spiro atoms. The number of unbranched alkanes of at least 4 members (excludes halogenated alkanes) is 4. The molecule has 0 bridgehead atoms. The molecule has 3 aliphatic rings. The molecular weight excluding hydrogens is 808 g/mol. The largest absolute Gasteiger partial charge is 0.469 e. The molecular formula is C53H64BrN2O4+. The van der Waals surface area contributed by atoms with E-state index in [0.717, 1.165) is 70.9 Å². The van der Waals surface area contributed by atoms with E-state index in [9.17, 15) is 9.59 Å². The van der Waals surface area contributed by atoms with Crippen LogP contribution in [0.3, 0.4) is 0 Å². The number of carbonyl (C=O) groups excluding carboxylic acids is 2. The number of anilines is 1. The summed E-state index contributed by atoms with van der Waals surface area (Å²) in [7, 11) is 2.93. The van der Waals surface area contributed by atoms with Crippen molar-refractivity contribution in [3.8, 4) is 0 Å². The van der Waals surface area contributed by atoms with Gasteiger partial charge in [-0.3, -0.25) is 9.59 Å². The van der Waals surface area contributed by atoms with E-state index in [4.69, 9.17) is 9.47 Å². The monoisotopic (exact) mass is 871 g/mol. The molecule has 0 amide bonds. The van der Waals surface area contributed by atoms with Crippen molar-refractivity contribution >= 4 is 66.5 Å². The van der Waals surface area contributed by atoms with E-state index in [1.165, 1.54) is 80.8 Å². The molecule has 0 saturated carbocycles. The van der Waals surface area contributed by atoms with Crippen molar-refractivity contribution in [2.24, 2.45) is 0 Å². The molecule has 0 N–H and O–H groups in total. The van der Waals surface area contributed by atoms with Gasteiger partial charge in [-0.15, -0.1) is 0 Å². The van der Waals surface area contributed by atoms with Gasteiger partial charge in [0.25, 0.3) is 0 Å². The Balaban J connectivity index is 0.00000297. The zero-order valence-electron chi connectivity index (χ0n) is 36.9. The van der Waals surface area contributed by atoms with Crippen LogP contribution < -0.4 is 4.90 Å². The molecule has 7 rings (SSSR count). The number of hydrogen-bond acceptors (Lipinski definition) is 5. The number of carbonyl (C=O) groups is 2. The van der Waals surface area contributed by atoms with E-state index in [-0.39, 0.29) is 22.8 Å². The van der Waals surface area contributed by atoms with Crippen molar-refractivity contribution in [1.82, 2.24) is 0 Å². The van der Waals surface area contributed by atoms with Crippen LogP contribution >= 0.6 is 15.9 Å². The predicted molar refractivity (Wildman–Crippen MR) is 254 cm³/mol. The van der Waals surface area contributed by atoms with E-state index in [0.29, 0.717) is 12.8 Å². The molecule has 6 nitrogen and oxygen atoms in total. The van der Waals surface area contributed by atoms with Crippen LogP contribution in [-0.4, -0.2) is 55.4 Å². The predicted octanol–water partition coefficient (Wildman–Crippen LogP) is 13.1. The van der Waals surface area contributed by atoms with E-state index in [2.05, 4.69) is 156 Å². The van der Waals surface area contributed by atoms with Gasteiger partial charge in [0.1, 0.15) is 6.54 Å². The number of halogens is 1. The average molecular weight is 873 g/mol. The van der Waals surface area contributed by atoms with Crippen molar-refractivity contribution < 1.29 is 23.6 Å². The summed E-state index contributed by atoms with van der Waals surface area (Å²) >= 11 is 2.94. The summed E-state index contributed by atoms with van der Waals surface area (Å²) in [6.07, 6.45) is 21.8. The van der Waals surface area contributed by atoms with Gasteiger partial charge in [-0.2, -0.15) is 4.58 Å². The maximum absolute atomic E-state index is 11.8. The third kappa shape index (κ3) is 9.57. The van der Waals surface area contributed by atoms with Gasteiger partial charge in [0.15, 0.2) is 5.71 Å². The molecule has 0 unspecified atom stereocenters. The number of fused-ring (bicyclic) bond motifs is 6. The maximum Gasteiger partial charge on any atom is 0.305 e. The molecule has 0 saturated heterocycles. The summed E-state index contributed by atoms with van der Waals surface area (Å²) < 4.78 is 12.3. The van der Waals surface area contributed by atoms with Gasteiger partial charge in [0, 0.05) is 60.3 Å². The Bertz CT molecular complexity index is 2360. The minimum Gasteiger partial charge on any atom is -0.469 e. The number of allylic oxidation sites excluding steroid dienone is 8. The maximum atomic E-state index is 11.8. The van der Waals surface area contributed by atoms with Crippen LogP contribution in [0.1, 0.15) is 109 Å². The smallest absolute Gasteiger partial charge is 0.305 e. The summed E-state index contributed by atoms with van der Waals surface area (Å²) in [5.74, 6) is 1.55. The lowest BCUT2D eigenvalue weighted by Gasteiger charge is -2.27. The van der Waals surface area contributed by atoms with Gasteiger partial charge in [-0.25, -0.2) is 0 Å². The second-order valence-electron chi connectivity index (χ2n) is 17.3. The zero-order chi connectivity index (χ0) is 42.9. The van der Waals surface area contributed by atoms with E-state index in [1.54, 1.807) is 0 Å².